The van der Waals surface area contributed by atoms with E-state index < -0.39 is 62.3 Å². The molecule has 4 rings (SSSR count). The second kappa shape index (κ2) is 10.6. The number of ether oxygens (including phenoxy) is 6. The average Bonchev–Trinajstić information content (AvgIpc) is 3.31. The van der Waals surface area contributed by atoms with Crippen LogP contribution in [-0.4, -0.2) is 73.3 Å². The molecule has 0 radical (unpaired) electrons. The first-order valence-electron chi connectivity index (χ1n) is 12.1. The smallest absolute Gasteiger partial charge is 0.404 e. The van der Waals surface area contributed by atoms with E-state index in [9.17, 15) is 9.67 Å². The third-order valence-corrected chi connectivity index (χ3v) is 7.55. The number of phosphoric ester groups is 1. The summed E-state index contributed by atoms with van der Waals surface area (Å²) >= 11 is 0. The molecule has 2 heterocycles. The number of benzene rings is 1. The minimum absolute atomic E-state index is 0.127. The molecule has 0 spiro atoms. The van der Waals surface area contributed by atoms with E-state index in [1.165, 1.54) is 7.11 Å². The summed E-state index contributed by atoms with van der Waals surface area (Å²) in [6.45, 7) is 11.1. The first-order chi connectivity index (χ1) is 16.9. The SMILES string of the molecule is CCOC(C)OC1[C@H]2OC(C)(C)O[C@H]2C(OP(=O)(OC)Oc2ccc(CO)cc2)[C@@H]2OC(C)(C)O[C@@H]12. The number of hydrogen-bond donors (Lipinski definition) is 1. The minimum atomic E-state index is -4.15. The number of fused-ring (bicyclic) bond motifs is 2. The standard InChI is InChI=1S/C24H37O11P/c1-8-28-14(2)29-17-18-20(32-23(3,4)30-18)22(21-19(17)31-24(5,6)33-21)35-36(26,27-7)34-16-11-9-15(13-25)10-12-16/h9-12,14,17-22,25H,8,13H2,1-7H3/t14?,17?,18-,19+,20-,21-,22?,36?/m1/s1. The van der Waals surface area contributed by atoms with Crippen LogP contribution in [0.1, 0.15) is 47.1 Å². The van der Waals surface area contributed by atoms with Crippen LogP contribution in [0.5, 0.6) is 5.75 Å². The maximum absolute atomic E-state index is 13.7. The van der Waals surface area contributed by atoms with Gasteiger partial charge in [-0.2, -0.15) is 0 Å². The first-order valence-corrected chi connectivity index (χ1v) is 13.6. The molecule has 0 bridgehead atoms. The third-order valence-electron chi connectivity index (χ3n) is 6.17. The zero-order chi connectivity index (χ0) is 26.3. The number of phosphoric acid groups is 1. The molecule has 0 aromatic heterocycles. The molecule has 1 saturated carbocycles. The summed E-state index contributed by atoms with van der Waals surface area (Å²) < 4.78 is 67.4. The summed E-state index contributed by atoms with van der Waals surface area (Å²) in [5, 5.41) is 9.27. The average molecular weight is 533 g/mol. The Morgan fingerprint density at radius 2 is 1.44 bits per heavy atom. The lowest BCUT2D eigenvalue weighted by Crippen LogP contribution is -2.63. The molecular weight excluding hydrogens is 495 g/mol. The predicted octanol–water partition coefficient (Wildman–Crippen LogP) is 3.52. The molecule has 1 aliphatic carbocycles. The topological polar surface area (TPSA) is 120 Å². The molecule has 3 fully saturated rings. The van der Waals surface area contributed by atoms with Gasteiger partial charge in [-0.15, -0.1) is 0 Å². The van der Waals surface area contributed by atoms with Crippen LogP contribution in [0.2, 0.25) is 0 Å². The van der Waals surface area contributed by atoms with Crippen LogP contribution >= 0.6 is 7.82 Å². The molecule has 0 amide bonds. The Hall–Kier alpha value is -1.11. The number of aliphatic hydroxyl groups excluding tert-OH is 1. The maximum atomic E-state index is 13.7. The highest BCUT2D eigenvalue weighted by Crippen LogP contribution is 2.55. The molecular formula is C24H37O11P. The van der Waals surface area contributed by atoms with Gasteiger partial charge in [-0.1, -0.05) is 12.1 Å². The van der Waals surface area contributed by atoms with Crippen molar-refractivity contribution in [1.29, 1.82) is 0 Å². The molecule has 4 unspecified atom stereocenters. The summed E-state index contributed by atoms with van der Waals surface area (Å²) in [4.78, 5) is 0. The lowest BCUT2D eigenvalue weighted by molar-refractivity contribution is -0.239. The second-order valence-corrected chi connectivity index (χ2v) is 11.5. The Morgan fingerprint density at radius 1 is 0.944 bits per heavy atom. The predicted molar refractivity (Wildman–Crippen MR) is 126 cm³/mol. The molecule has 3 aliphatic rings. The van der Waals surface area contributed by atoms with Crippen molar-refractivity contribution in [2.24, 2.45) is 0 Å². The van der Waals surface area contributed by atoms with Gasteiger partial charge in [0, 0.05) is 13.7 Å². The van der Waals surface area contributed by atoms with Crippen molar-refractivity contribution in [2.45, 2.75) is 103 Å². The van der Waals surface area contributed by atoms with Gasteiger partial charge in [0.2, 0.25) is 0 Å². The Kier molecular flexibility index (Phi) is 8.20. The Morgan fingerprint density at radius 3 is 1.89 bits per heavy atom. The molecule has 2 aliphatic heterocycles. The molecule has 1 aromatic rings. The monoisotopic (exact) mass is 532 g/mol. The van der Waals surface area contributed by atoms with Crippen LogP contribution in [-0.2, 0) is 48.6 Å². The number of aliphatic hydroxyl groups is 1. The van der Waals surface area contributed by atoms with Crippen LogP contribution in [0.15, 0.2) is 24.3 Å². The van der Waals surface area contributed by atoms with Gasteiger partial charge in [-0.3, -0.25) is 9.05 Å². The van der Waals surface area contributed by atoms with Crippen LogP contribution in [0.4, 0.5) is 0 Å². The first kappa shape index (κ1) is 27.9. The van der Waals surface area contributed by atoms with Crippen LogP contribution < -0.4 is 4.52 Å². The van der Waals surface area contributed by atoms with E-state index in [1.807, 2.05) is 6.92 Å². The summed E-state index contributed by atoms with van der Waals surface area (Å²) in [6.07, 6.45) is -4.83. The van der Waals surface area contributed by atoms with E-state index in [4.69, 9.17) is 42.0 Å². The Labute approximate surface area is 211 Å². The highest BCUT2D eigenvalue weighted by Gasteiger charge is 2.65. The minimum Gasteiger partial charge on any atom is -0.404 e. The maximum Gasteiger partial charge on any atom is 0.530 e. The van der Waals surface area contributed by atoms with E-state index in [-0.39, 0.29) is 12.4 Å². The number of hydrogen-bond acceptors (Lipinski definition) is 11. The fraction of sp³-hybridized carbons (Fsp3) is 0.750. The van der Waals surface area contributed by atoms with Crippen molar-refractivity contribution < 1.29 is 51.7 Å². The summed E-state index contributed by atoms with van der Waals surface area (Å²) in [5.41, 5.74) is 0.679. The van der Waals surface area contributed by atoms with E-state index in [0.29, 0.717) is 12.2 Å². The van der Waals surface area contributed by atoms with Gasteiger partial charge in [0.1, 0.15) is 42.4 Å². The van der Waals surface area contributed by atoms with Crippen molar-refractivity contribution in [3.8, 4) is 5.75 Å². The summed E-state index contributed by atoms with van der Waals surface area (Å²) in [7, 11) is -2.92. The van der Waals surface area contributed by atoms with Crippen LogP contribution in [0, 0.1) is 0 Å². The third kappa shape index (κ3) is 5.96. The molecule has 1 aromatic carbocycles. The van der Waals surface area contributed by atoms with Gasteiger partial charge in [-0.05, 0) is 59.2 Å². The fourth-order valence-electron chi connectivity index (χ4n) is 4.83. The van der Waals surface area contributed by atoms with Gasteiger partial charge < -0.3 is 38.1 Å². The second-order valence-electron chi connectivity index (χ2n) is 9.85. The number of rotatable bonds is 10. The van der Waals surface area contributed by atoms with Crippen molar-refractivity contribution in [3.63, 3.8) is 0 Å². The zero-order valence-corrected chi connectivity index (χ0v) is 22.6. The van der Waals surface area contributed by atoms with Crippen molar-refractivity contribution in [1.82, 2.24) is 0 Å². The largest absolute Gasteiger partial charge is 0.530 e. The summed E-state index contributed by atoms with van der Waals surface area (Å²) in [6, 6.07) is 6.44. The van der Waals surface area contributed by atoms with E-state index in [2.05, 4.69) is 0 Å². The van der Waals surface area contributed by atoms with Crippen molar-refractivity contribution >= 4 is 7.82 Å². The molecule has 2 saturated heterocycles. The Balaban J connectivity index is 1.64. The van der Waals surface area contributed by atoms with Crippen molar-refractivity contribution in [2.75, 3.05) is 13.7 Å². The highest BCUT2D eigenvalue weighted by atomic mass is 31.2. The zero-order valence-electron chi connectivity index (χ0n) is 21.7. The molecule has 204 valence electrons. The van der Waals surface area contributed by atoms with Crippen molar-refractivity contribution in [3.05, 3.63) is 29.8 Å². The van der Waals surface area contributed by atoms with Crippen LogP contribution in [0.25, 0.3) is 0 Å². The molecule has 1 N–H and O–H groups in total. The van der Waals surface area contributed by atoms with Gasteiger partial charge in [0.05, 0.1) is 6.61 Å². The lowest BCUT2D eigenvalue weighted by Gasteiger charge is -2.43. The normalized spacial score (nSPS) is 35.0. The quantitative estimate of drug-likeness (QED) is 0.352. The van der Waals surface area contributed by atoms with Gasteiger partial charge in [-0.25, -0.2) is 4.57 Å². The molecule has 12 heteroatoms. The van der Waals surface area contributed by atoms with Crippen LogP contribution in [0.3, 0.4) is 0 Å². The molecule has 11 nitrogen and oxygen atoms in total. The van der Waals surface area contributed by atoms with Gasteiger partial charge >= 0.3 is 7.82 Å². The van der Waals surface area contributed by atoms with E-state index >= 15 is 0 Å². The van der Waals surface area contributed by atoms with Gasteiger partial charge in [0.15, 0.2) is 17.9 Å². The Bertz CT molecular complexity index is 904. The molecule has 36 heavy (non-hydrogen) atoms. The van der Waals surface area contributed by atoms with E-state index in [1.54, 1.807) is 58.9 Å². The lowest BCUT2D eigenvalue weighted by atomic mass is 9.85. The summed E-state index contributed by atoms with van der Waals surface area (Å²) in [5.74, 6) is -1.69. The van der Waals surface area contributed by atoms with E-state index in [0.717, 1.165) is 0 Å². The highest BCUT2D eigenvalue weighted by molar-refractivity contribution is 7.48. The van der Waals surface area contributed by atoms with Gasteiger partial charge in [0.25, 0.3) is 0 Å². The fourth-order valence-corrected chi connectivity index (χ4v) is 5.95. The molecule has 8 atom stereocenters.